The van der Waals surface area contributed by atoms with Crippen molar-refractivity contribution in [3.8, 4) is 0 Å². The summed E-state index contributed by atoms with van der Waals surface area (Å²) < 4.78 is 0. The van der Waals surface area contributed by atoms with E-state index in [1.165, 1.54) is 11.8 Å². The number of benzene rings is 2. The second-order valence-corrected chi connectivity index (χ2v) is 5.21. The van der Waals surface area contributed by atoms with Crippen molar-refractivity contribution < 1.29 is 9.90 Å². The van der Waals surface area contributed by atoms with Gasteiger partial charge in [0.05, 0.1) is 5.92 Å². The molecule has 0 heterocycles. The van der Waals surface area contributed by atoms with Crippen molar-refractivity contribution in [2.75, 3.05) is 11.5 Å². The van der Waals surface area contributed by atoms with E-state index in [4.69, 9.17) is 5.73 Å². The van der Waals surface area contributed by atoms with Gasteiger partial charge in [0.2, 0.25) is 0 Å². The molecule has 3 nitrogen and oxygen atoms in total. The van der Waals surface area contributed by atoms with Crippen LogP contribution in [0.15, 0.2) is 59.5 Å². The summed E-state index contributed by atoms with van der Waals surface area (Å²) in [6.07, 6.45) is 0. The van der Waals surface area contributed by atoms with E-state index in [0.29, 0.717) is 11.4 Å². The Balaban J connectivity index is 2.11. The first-order chi connectivity index (χ1) is 9.18. The van der Waals surface area contributed by atoms with Crippen molar-refractivity contribution in [1.82, 2.24) is 0 Å². The molecule has 3 N–H and O–H groups in total. The Kier molecular flexibility index (Phi) is 4.47. The molecule has 1 atom stereocenters. The van der Waals surface area contributed by atoms with Gasteiger partial charge in [-0.1, -0.05) is 42.5 Å². The topological polar surface area (TPSA) is 63.3 Å². The molecule has 0 bridgehead atoms. The molecule has 19 heavy (non-hydrogen) atoms. The lowest BCUT2D eigenvalue weighted by molar-refractivity contribution is -0.138. The van der Waals surface area contributed by atoms with Crippen molar-refractivity contribution in [2.45, 2.75) is 10.8 Å². The SMILES string of the molecule is Nc1ccccc1SCC(C(=O)O)c1ccccc1. The first kappa shape index (κ1) is 13.5. The van der Waals surface area contributed by atoms with Crippen molar-refractivity contribution in [1.29, 1.82) is 0 Å². The van der Waals surface area contributed by atoms with Crippen LogP contribution in [0.2, 0.25) is 0 Å². The molecule has 4 heteroatoms. The van der Waals surface area contributed by atoms with Crippen LogP contribution in [-0.2, 0) is 4.79 Å². The van der Waals surface area contributed by atoms with Gasteiger partial charge in [-0.3, -0.25) is 4.79 Å². The van der Waals surface area contributed by atoms with Gasteiger partial charge in [0.15, 0.2) is 0 Å². The number of rotatable bonds is 5. The van der Waals surface area contributed by atoms with E-state index in [0.717, 1.165) is 10.5 Å². The summed E-state index contributed by atoms with van der Waals surface area (Å²) >= 11 is 1.47. The fourth-order valence-electron chi connectivity index (χ4n) is 1.78. The smallest absolute Gasteiger partial charge is 0.311 e. The molecule has 2 aromatic carbocycles. The van der Waals surface area contributed by atoms with Crippen LogP contribution in [0.25, 0.3) is 0 Å². The number of carboxylic acids is 1. The Labute approximate surface area is 116 Å². The quantitative estimate of drug-likeness (QED) is 0.648. The van der Waals surface area contributed by atoms with E-state index in [1.807, 2.05) is 54.6 Å². The third-order valence-corrected chi connectivity index (χ3v) is 4.01. The van der Waals surface area contributed by atoms with Gasteiger partial charge in [-0.05, 0) is 17.7 Å². The van der Waals surface area contributed by atoms with Gasteiger partial charge in [0.1, 0.15) is 0 Å². The number of nitrogens with two attached hydrogens (primary N) is 1. The Morgan fingerprint density at radius 2 is 1.74 bits per heavy atom. The van der Waals surface area contributed by atoms with E-state index in [1.54, 1.807) is 0 Å². The minimum absolute atomic E-state index is 0.466. The standard InChI is InChI=1S/C15H15NO2S/c16-13-8-4-5-9-14(13)19-10-12(15(17)18)11-6-2-1-3-7-11/h1-9,12H,10,16H2,(H,17,18). The minimum Gasteiger partial charge on any atom is -0.481 e. The van der Waals surface area contributed by atoms with Crippen molar-refractivity contribution in [3.63, 3.8) is 0 Å². The van der Waals surface area contributed by atoms with E-state index in [9.17, 15) is 9.90 Å². The lowest BCUT2D eigenvalue weighted by Gasteiger charge is -2.13. The number of anilines is 1. The molecule has 0 saturated heterocycles. The maximum atomic E-state index is 11.4. The monoisotopic (exact) mass is 273 g/mol. The summed E-state index contributed by atoms with van der Waals surface area (Å²) in [5, 5.41) is 9.33. The third kappa shape index (κ3) is 3.51. The lowest BCUT2D eigenvalue weighted by atomic mass is 10.0. The van der Waals surface area contributed by atoms with Crippen molar-refractivity contribution in [3.05, 3.63) is 60.2 Å². The van der Waals surface area contributed by atoms with Crippen LogP contribution in [-0.4, -0.2) is 16.8 Å². The predicted molar refractivity (Wildman–Crippen MR) is 78.4 cm³/mol. The molecule has 0 aliphatic carbocycles. The number of nitrogen functional groups attached to an aromatic ring is 1. The van der Waals surface area contributed by atoms with Gasteiger partial charge >= 0.3 is 5.97 Å². The summed E-state index contributed by atoms with van der Waals surface area (Å²) in [6.45, 7) is 0. The first-order valence-corrected chi connectivity index (χ1v) is 6.92. The van der Waals surface area contributed by atoms with E-state index >= 15 is 0 Å². The van der Waals surface area contributed by atoms with Crippen molar-refractivity contribution in [2.24, 2.45) is 0 Å². The van der Waals surface area contributed by atoms with Gasteiger partial charge in [0.25, 0.3) is 0 Å². The lowest BCUT2D eigenvalue weighted by Crippen LogP contribution is -2.14. The van der Waals surface area contributed by atoms with Gasteiger partial charge in [-0.25, -0.2) is 0 Å². The molecule has 0 aliphatic rings. The number of carboxylic acid groups (broad SMARTS) is 1. The summed E-state index contributed by atoms with van der Waals surface area (Å²) in [5.74, 6) is -0.868. The van der Waals surface area contributed by atoms with Crippen LogP contribution >= 0.6 is 11.8 Å². The van der Waals surface area contributed by atoms with Gasteiger partial charge < -0.3 is 10.8 Å². The maximum Gasteiger partial charge on any atom is 0.311 e. The number of para-hydroxylation sites is 1. The molecular formula is C15H15NO2S. The van der Waals surface area contributed by atoms with Gasteiger partial charge in [0, 0.05) is 16.3 Å². The molecule has 0 saturated carbocycles. The van der Waals surface area contributed by atoms with Gasteiger partial charge in [-0.2, -0.15) is 0 Å². The molecule has 2 aromatic rings. The summed E-state index contributed by atoms with van der Waals surface area (Å²) in [6, 6.07) is 16.8. The summed E-state index contributed by atoms with van der Waals surface area (Å²) in [4.78, 5) is 12.3. The molecule has 0 fully saturated rings. The number of hydrogen-bond donors (Lipinski definition) is 2. The zero-order valence-electron chi connectivity index (χ0n) is 10.3. The number of hydrogen-bond acceptors (Lipinski definition) is 3. The molecule has 2 rings (SSSR count). The van der Waals surface area contributed by atoms with Crippen molar-refractivity contribution >= 4 is 23.4 Å². The van der Waals surface area contributed by atoms with Gasteiger partial charge in [-0.15, -0.1) is 11.8 Å². The summed E-state index contributed by atoms with van der Waals surface area (Å²) in [7, 11) is 0. The molecule has 98 valence electrons. The highest BCUT2D eigenvalue weighted by molar-refractivity contribution is 7.99. The zero-order valence-corrected chi connectivity index (χ0v) is 11.1. The first-order valence-electron chi connectivity index (χ1n) is 5.93. The normalized spacial score (nSPS) is 12.0. The molecule has 0 spiro atoms. The van der Waals surface area contributed by atoms with Crippen LogP contribution < -0.4 is 5.73 Å². The van der Waals surface area contributed by atoms with Crippen LogP contribution in [0.4, 0.5) is 5.69 Å². The highest BCUT2D eigenvalue weighted by Crippen LogP contribution is 2.29. The molecular weight excluding hydrogens is 258 g/mol. The Morgan fingerprint density at radius 3 is 2.37 bits per heavy atom. The predicted octanol–water partition coefficient (Wildman–Crippen LogP) is 3.23. The second kappa shape index (κ2) is 6.29. The molecule has 0 aromatic heterocycles. The summed E-state index contributed by atoms with van der Waals surface area (Å²) in [5.41, 5.74) is 7.35. The van der Waals surface area contributed by atoms with Crippen LogP contribution in [0, 0.1) is 0 Å². The fraction of sp³-hybridized carbons (Fsp3) is 0.133. The van der Waals surface area contributed by atoms with E-state index < -0.39 is 11.9 Å². The zero-order chi connectivity index (χ0) is 13.7. The van der Waals surface area contributed by atoms with Crippen LogP contribution in [0.3, 0.4) is 0 Å². The van der Waals surface area contributed by atoms with E-state index in [-0.39, 0.29) is 0 Å². The Bertz CT molecular complexity index is 557. The largest absolute Gasteiger partial charge is 0.481 e. The minimum atomic E-state index is -0.812. The van der Waals surface area contributed by atoms with Crippen LogP contribution in [0.1, 0.15) is 11.5 Å². The third-order valence-electron chi connectivity index (χ3n) is 2.82. The molecule has 0 aliphatic heterocycles. The fourth-order valence-corrected chi connectivity index (χ4v) is 2.87. The number of carbonyl (C=O) groups is 1. The highest BCUT2D eigenvalue weighted by atomic mass is 32.2. The molecule has 0 amide bonds. The molecule has 1 unspecified atom stereocenters. The Hall–Kier alpha value is -1.94. The van der Waals surface area contributed by atoms with Crippen LogP contribution in [0.5, 0.6) is 0 Å². The molecule has 0 radical (unpaired) electrons. The average Bonchev–Trinajstić information content (AvgIpc) is 2.42. The number of thioether (sulfide) groups is 1. The average molecular weight is 273 g/mol. The highest BCUT2D eigenvalue weighted by Gasteiger charge is 2.20. The second-order valence-electron chi connectivity index (χ2n) is 4.15. The van der Waals surface area contributed by atoms with E-state index in [2.05, 4.69) is 0 Å². The maximum absolute atomic E-state index is 11.4. The number of aliphatic carboxylic acids is 1. The Morgan fingerprint density at radius 1 is 1.11 bits per heavy atom.